The number of allylic oxidation sites excluding steroid dienone is 2. The van der Waals surface area contributed by atoms with Crippen LogP contribution < -0.4 is 5.32 Å². The maximum Gasteiger partial charge on any atom is 0.307 e. The number of benzene rings is 1. The molecule has 1 aromatic heterocycles. The summed E-state index contributed by atoms with van der Waals surface area (Å²) in [5.41, 5.74) is 1.96. The van der Waals surface area contributed by atoms with E-state index in [-0.39, 0.29) is 11.9 Å². The van der Waals surface area contributed by atoms with Gasteiger partial charge in [0.05, 0.1) is 24.2 Å². The Labute approximate surface area is 146 Å². The van der Waals surface area contributed by atoms with E-state index >= 15 is 0 Å². The summed E-state index contributed by atoms with van der Waals surface area (Å²) in [5.74, 6) is -2.29. The van der Waals surface area contributed by atoms with E-state index < -0.39 is 17.8 Å². The summed E-state index contributed by atoms with van der Waals surface area (Å²) in [7, 11) is 0. The quantitative estimate of drug-likeness (QED) is 0.820. The van der Waals surface area contributed by atoms with Crippen LogP contribution in [0.4, 0.5) is 0 Å². The largest absolute Gasteiger partial charge is 0.481 e. The lowest BCUT2D eigenvalue weighted by atomic mass is 9.82. The molecule has 1 amide bonds. The summed E-state index contributed by atoms with van der Waals surface area (Å²) in [6.07, 6.45) is 9.89. The molecule has 0 radical (unpaired) electrons. The van der Waals surface area contributed by atoms with Gasteiger partial charge in [0, 0.05) is 18.1 Å². The van der Waals surface area contributed by atoms with Crippen LogP contribution in [0.1, 0.15) is 31.4 Å². The molecular weight excluding hydrogens is 318 g/mol. The third kappa shape index (κ3) is 3.79. The highest BCUT2D eigenvalue weighted by molar-refractivity contribution is 5.85. The van der Waals surface area contributed by atoms with Gasteiger partial charge in [-0.3, -0.25) is 9.59 Å². The molecule has 1 aliphatic carbocycles. The van der Waals surface area contributed by atoms with Gasteiger partial charge in [-0.25, -0.2) is 4.98 Å². The second-order valence-electron chi connectivity index (χ2n) is 6.29. The van der Waals surface area contributed by atoms with Crippen LogP contribution in [0.3, 0.4) is 0 Å². The molecule has 0 spiro atoms. The summed E-state index contributed by atoms with van der Waals surface area (Å²) in [6, 6.07) is 7.64. The molecular formula is C19H21N3O3. The van der Waals surface area contributed by atoms with Crippen LogP contribution in [0, 0.1) is 11.8 Å². The number of amides is 1. The summed E-state index contributed by atoms with van der Waals surface area (Å²) >= 11 is 0. The summed E-state index contributed by atoms with van der Waals surface area (Å²) in [6.45, 7) is 1.90. The fourth-order valence-corrected chi connectivity index (χ4v) is 3.13. The second kappa shape index (κ2) is 7.34. The highest BCUT2D eigenvalue weighted by atomic mass is 16.4. The van der Waals surface area contributed by atoms with Crippen LogP contribution in [0.5, 0.6) is 0 Å². The number of carboxylic acids is 1. The maximum absolute atomic E-state index is 12.5. The molecule has 0 saturated heterocycles. The molecule has 3 unspecified atom stereocenters. The lowest BCUT2D eigenvalue weighted by Crippen LogP contribution is -2.39. The average Bonchev–Trinajstić information content (AvgIpc) is 3.16. The van der Waals surface area contributed by atoms with Gasteiger partial charge < -0.3 is 15.0 Å². The van der Waals surface area contributed by atoms with Gasteiger partial charge in [0.1, 0.15) is 0 Å². The molecule has 0 saturated carbocycles. The first-order valence-corrected chi connectivity index (χ1v) is 8.32. The van der Waals surface area contributed by atoms with E-state index in [4.69, 9.17) is 0 Å². The number of carboxylic acid groups (broad SMARTS) is 1. The molecule has 0 fully saturated rings. The molecule has 1 aliphatic rings. The number of nitrogens with one attached hydrogen (secondary N) is 1. The number of aromatic nitrogens is 2. The summed E-state index contributed by atoms with van der Waals surface area (Å²) in [5, 5.41) is 12.3. The molecule has 1 aromatic carbocycles. The zero-order valence-electron chi connectivity index (χ0n) is 14.0. The van der Waals surface area contributed by atoms with Gasteiger partial charge in [0.15, 0.2) is 0 Å². The van der Waals surface area contributed by atoms with E-state index in [0.29, 0.717) is 12.8 Å². The van der Waals surface area contributed by atoms with E-state index in [1.54, 1.807) is 12.5 Å². The standard InChI is InChI=1S/C19H21N3O3/c1-13(14-6-8-15(9-7-14)22-11-10-20-12-22)21-18(23)16-4-2-3-5-17(16)19(24)25/h2-3,6-13,16-17H,4-5H2,1H3,(H,21,23)(H,24,25). The number of nitrogens with zero attached hydrogens (tertiary/aromatic N) is 2. The number of hydrogen-bond donors (Lipinski definition) is 2. The lowest BCUT2D eigenvalue weighted by molar-refractivity contribution is -0.147. The minimum atomic E-state index is -0.915. The van der Waals surface area contributed by atoms with Crippen LogP contribution in [0.15, 0.2) is 55.1 Å². The molecule has 6 nitrogen and oxygen atoms in total. The molecule has 25 heavy (non-hydrogen) atoms. The first-order valence-electron chi connectivity index (χ1n) is 8.32. The van der Waals surface area contributed by atoms with E-state index in [0.717, 1.165) is 11.3 Å². The van der Waals surface area contributed by atoms with Gasteiger partial charge in [-0.05, 0) is 37.5 Å². The van der Waals surface area contributed by atoms with Crippen molar-refractivity contribution in [1.82, 2.24) is 14.9 Å². The van der Waals surface area contributed by atoms with Crippen LogP contribution in [0.2, 0.25) is 0 Å². The Balaban J connectivity index is 1.67. The number of carbonyl (C=O) groups is 2. The van der Waals surface area contributed by atoms with Crippen LogP contribution >= 0.6 is 0 Å². The third-order valence-corrected chi connectivity index (χ3v) is 4.64. The van der Waals surface area contributed by atoms with E-state index in [2.05, 4.69) is 10.3 Å². The molecule has 2 N–H and O–H groups in total. The first-order chi connectivity index (χ1) is 12.1. The van der Waals surface area contributed by atoms with Crippen LogP contribution in [-0.4, -0.2) is 26.5 Å². The number of aliphatic carboxylic acids is 1. The van der Waals surface area contributed by atoms with Crippen molar-refractivity contribution in [3.05, 3.63) is 60.7 Å². The number of carbonyl (C=O) groups excluding carboxylic acids is 1. The molecule has 2 aromatic rings. The van der Waals surface area contributed by atoms with Crippen LogP contribution in [-0.2, 0) is 9.59 Å². The smallest absolute Gasteiger partial charge is 0.307 e. The van der Waals surface area contributed by atoms with Crippen molar-refractivity contribution < 1.29 is 14.7 Å². The van der Waals surface area contributed by atoms with Crippen molar-refractivity contribution in [2.24, 2.45) is 11.8 Å². The molecule has 0 bridgehead atoms. The number of imidazole rings is 1. The fourth-order valence-electron chi connectivity index (χ4n) is 3.13. The van der Waals surface area contributed by atoms with E-state index in [1.165, 1.54) is 0 Å². The van der Waals surface area contributed by atoms with Gasteiger partial charge in [0.2, 0.25) is 5.91 Å². The lowest BCUT2D eigenvalue weighted by Gasteiger charge is -2.26. The third-order valence-electron chi connectivity index (χ3n) is 4.64. The zero-order chi connectivity index (χ0) is 17.8. The van der Waals surface area contributed by atoms with Gasteiger partial charge in [-0.2, -0.15) is 0 Å². The van der Waals surface area contributed by atoms with Crippen LogP contribution in [0.25, 0.3) is 5.69 Å². The minimum absolute atomic E-state index is 0.190. The normalized spacial score (nSPS) is 20.8. The Bertz CT molecular complexity index is 766. The fraction of sp³-hybridized carbons (Fsp3) is 0.316. The highest BCUT2D eigenvalue weighted by Gasteiger charge is 2.34. The maximum atomic E-state index is 12.5. The highest BCUT2D eigenvalue weighted by Crippen LogP contribution is 2.27. The van der Waals surface area contributed by atoms with Gasteiger partial charge >= 0.3 is 5.97 Å². The average molecular weight is 339 g/mol. The van der Waals surface area contributed by atoms with E-state index in [1.807, 2.05) is 54.1 Å². The summed E-state index contributed by atoms with van der Waals surface area (Å²) in [4.78, 5) is 27.9. The Morgan fingerprint density at radius 3 is 2.48 bits per heavy atom. The molecule has 6 heteroatoms. The van der Waals surface area contributed by atoms with Crippen molar-refractivity contribution >= 4 is 11.9 Å². The van der Waals surface area contributed by atoms with E-state index in [9.17, 15) is 14.7 Å². The number of rotatable bonds is 5. The Morgan fingerprint density at radius 1 is 1.20 bits per heavy atom. The molecule has 3 atom stereocenters. The predicted molar refractivity (Wildman–Crippen MR) is 93.1 cm³/mol. The topological polar surface area (TPSA) is 84.2 Å². The Hall–Kier alpha value is -2.89. The predicted octanol–water partition coefficient (Wildman–Crippen LogP) is 2.72. The second-order valence-corrected chi connectivity index (χ2v) is 6.29. The zero-order valence-corrected chi connectivity index (χ0v) is 14.0. The molecule has 0 aliphatic heterocycles. The molecule has 130 valence electrons. The Kier molecular flexibility index (Phi) is 4.97. The Morgan fingerprint density at radius 2 is 1.88 bits per heavy atom. The van der Waals surface area contributed by atoms with Crippen molar-refractivity contribution in [3.63, 3.8) is 0 Å². The van der Waals surface area contributed by atoms with Gasteiger partial charge in [-0.1, -0.05) is 24.3 Å². The minimum Gasteiger partial charge on any atom is -0.481 e. The molecule has 3 rings (SSSR count). The monoisotopic (exact) mass is 339 g/mol. The van der Waals surface area contributed by atoms with Crippen molar-refractivity contribution in [3.8, 4) is 5.69 Å². The van der Waals surface area contributed by atoms with Gasteiger partial charge in [0.25, 0.3) is 0 Å². The van der Waals surface area contributed by atoms with Crippen molar-refractivity contribution in [1.29, 1.82) is 0 Å². The number of hydrogen-bond acceptors (Lipinski definition) is 3. The van der Waals surface area contributed by atoms with Gasteiger partial charge in [-0.15, -0.1) is 0 Å². The van der Waals surface area contributed by atoms with Crippen molar-refractivity contribution in [2.45, 2.75) is 25.8 Å². The summed E-state index contributed by atoms with van der Waals surface area (Å²) < 4.78 is 1.90. The molecule has 1 heterocycles. The SMILES string of the molecule is CC(NC(=O)C1CC=CCC1C(=O)O)c1ccc(-n2ccnc2)cc1. The van der Waals surface area contributed by atoms with Crippen molar-refractivity contribution in [2.75, 3.05) is 0 Å². The first kappa shape index (κ1) is 17.0.